The van der Waals surface area contributed by atoms with E-state index in [1.807, 2.05) is 6.92 Å². The Morgan fingerprint density at radius 2 is 2.19 bits per heavy atom. The van der Waals surface area contributed by atoms with Crippen molar-refractivity contribution in [2.45, 2.75) is 51.1 Å². The molecule has 4 nitrogen and oxygen atoms in total. The summed E-state index contributed by atoms with van der Waals surface area (Å²) in [5.41, 5.74) is 0. The number of nitrogens with one attached hydrogen (secondary N) is 1. The summed E-state index contributed by atoms with van der Waals surface area (Å²) in [5, 5.41) is 12.7. The molecule has 0 aromatic rings. The fourth-order valence-electron chi connectivity index (χ4n) is 2.40. The molecule has 1 aliphatic carbocycles. The van der Waals surface area contributed by atoms with Crippen LogP contribution < -0.4 is 5.32 Å². The second-order valence-electron chi connectivity index (χ2n) is 4.68. The lowest BCUT2D eigenvalue weighted by Gasteiger charge is -2.33. The Hall–Kier alpha value is -0.610. The van der Waals surface area contributed by atoms with Gasteiger partial charge in [0.2, 0.25) is 0 Å². The Morgan fingerprint density at radius 3 is 2.81 bits per heavy atom. The number of rotatable bonds is 5. The highest BCUT2D eigenvalue weighted by atomic mass is 16.5. The zero-order chi connectivity index (χ0) is 12.0. The van der Waals surface area contributed by atoms with Crippen LogP contribution in [0.25, 0.3) is 0 Å². The average Bonchev–Trinajstić information content (AvgIpc) is 2.29. The molecule has 1 aliphatic rings. The third-order valence-electron chi connectivity index (χ3n) is 3.34. The molecule has 0 heterocycles. The van der Waals surface area contributed by atoms with Crippen molar-refractivity contribution >= 4 is 5.97 Å². The Morgan fingerprint density at radius 1 is 1.50 bits per heavy atom. The van der Waals surface area contributed by atoms with Crippen LogP contribution in [0.1, 0.15) is 39.0 Å². The predicted octanol–water partition coefficient (Wildman–Crippen LogP) is 1.08. The summed E-state index contributed by atoms with van der Waals surface area (Å²) in [5.74, 6) is 0.158. The SMILES string of the molecule is COC(=O)CC(C)NC1CCCCC1CO. The van der Waals surface area contributed by atoms with Gasteiger partial charge in [0.15, 0.2) is 0 Å². The van der Waals surface area contributed by atoms with Crippen LogP contribution in [0.5, 0.6) is 0 Å². The van der Waals surface area contributed by atoms with E-state index in [0.717, 1.165) is 12.8 Å². The lowest BCUT2D eigenvalue weighted by Crippen LogP contribution is -2.45. The molecule has 0 radical (unpaired) electrons. The second-order valence-corrected chi connectivity index (χ2v) is 4.68. The summed E-state index contributed by atoms with van der Waals surface area (Å²) in [6, 6.07) is 0.461. The van der Waals surface area contributed by atoms with Crippen molar-refractivity contribution in [3.05, 3.63) is 0 Å². The maximum Gasteiger partial charge on any atom is 0.307 e. The minimum absolute atomic E-state index is 0.115. The molecule has 94 valence electrons. The number of hydrogen-bond acceptors (Lipinski definition) is 4. The van der Waals surface area contributed by atoms with Crippen LogP contribution >= 0.6 is 0 Å². The summed E-state index contributed by atoms with van der Waals surface area (Å²) in [4.78, 5) is 11.1. The fourth-order valence-corrected chi connectivity index (χ4v) is 2.40. The zero-order valence-corrected chi connectivity index (χ0v) is 10.2. The summed E-state index contributed by atoms with van der Waals surface area (Å²) < 4.78 is 4.63. The molecule has 0 spiro atoms. The molecule has 0 aromatic heterocycles. The number of methoxy groups -OCH3 is 1. The van der Waals surface area contributed by atoms with Crippen molar-refractivity contribution < 1.29 is 14.6 Å². The van der Waals surface area contributed by atoms with E-state index < -0.39 is 0 Å². The van der Waals surface area contributed by atoms with Crippen LogP contribution in [0.3, 0.4) is 0 Å². The third kappa shape index (κ3) is 4.10. The van der Waals surface area contributed by atoms with Gasteiger partial charge < -0.3 is 15.2 Å². The first kappa shape index (κ1) is 13.5. The number of ether oxygens (including phenoxy) is 1. The Labute approximate surface area is 97.4 Å². The van der Waals surface area contributed by atoms with Gasteiger partial charge in [0.05, 0.1) is 13.5 Å². The largest absolute Gasteiger partial charge is 0.469 e. The van der Waals surface area contributed by atoms with Gasteiger partial charge in [-0.1, -0.05) is 12.8 Å². The smallest absolute Gasteiger partial charge is 0.307 e. The van der Waals surface area contributed by atoms with Gasteiger partial charge in [-0.3, -0.25) is 4.79 Å². The molecular weight excluding hydrogens is 206 g/mol. The number of aliphatic hydroxyl groups excluding tert-OH is 1. The molecule has 0 aromatic carbocycles. The Kier molecular flexibility index (Phi) is 5.77. The van der Waals surface area contributed by atoms with Crippen LogP contribution in [0, 0.1) is 5.92 Å². The van der Waals surface area contributed by atoms with Crippen LogP contribution in [-0.2, 0) is 9.53 Å². The minimum Gasteiger partial charge on any atom is -0.469 e. The first-order valence-electron chi connectivity index (χ1n) is 6.11. The topological polar surface area (TPSA) is 58.6 Å². The van der Waals surface area contributed by atoms with Crippen LogP contribution in [0.15, 0.2) is 0 Å². The summed E-state index contributed by atoms with van der Waals surface area (Å²) in [7, 11) is 1.41. The summed E-state index contributed by atoms with van der Waals surface area (Å²) in [6.45, 7) is 2.22. The molecule has 1 fully saturated rings. The molecule has 0 amide bonds. The van der Waals surface area contributed by atoms with Crippen LogP contribution in [0.4, 0.5) is 0 Å². The predicted molar refractivity (Wildman–Crippen MR) is 62.1 cm³/mol. The normalized spacial score (nSPS) is 27.4. The van der Waals surface area contributed by atoms with Gasteiger partial charge in [-0.2, -0.15) is 0 Å². The highest BCUT2D eigenvalue weighted by Gasteiger charge is 2.25. The van der Waals surface area contributed by atoms with E-state index in [0.29, 0.717) is 18.4 Å². The van der Waals surface area contributed by atoms with Gasteiger partial charge >= 0.3 is 5.97 Å². The minimum atomic E-state index is -0.184. The molecule has 1 rings (SSSR count). The number of hydrogen-bond donors (Lipinski definition) is 2. The van der Waals surface area contributed by atoms with Crippen molar-refractivity contribution in [2.24, 2.45) is 5.92 Å². The number of carbonyl (C=O) groups excluding carboxylic acids is 1. The number of esters is 1. The van der Waals surface area contributed by atoms with Crippen molar-refractivity contribution in [3.63, 3.8) is 0 Å². The van der Waals surface area contributed by atoms with Crippen LogP contribution in [0.2, 0.25) is 0 Å². The fraction of sp³-hybridized carbons (Fsp3) is 0.917. The van der Waals surface area contributed by atoms with E-state index in [4.69, 9.17) is 0 Å². The highest BCUT2D eigenvalue weighted by molar-refractivity contribution is 5.69. The number of aliphatic hydroxyl groups is 1. The average molecular weight is 229 g/mol. The monoisotopic (exact) mass is 229 g/mol. The molecule has 1 saturated carbocycles. The van der Waals surface area contributed by atoms with Crippen molar-refractivity contribution in [1.29, 1.82) is 0 Å². The van der Waals surface area contributed by atoms with Gasteiger partial charge in [0, 0.05) is 18.7 Å². The quantitative estimate of drug-likeness (QED) is 0.693. The number of carbonyl (C=O) groups is 1. The van der Waals surface area contributed by atoms with Crippen molar-refractivity contribution in [2.75, 3.05) is 13.7 Å². The van der Waals surface area contributed by atoms with E-state index in [-0.39, 0.29) is 18.6 Å². The second kappa shape index (κ2) is 6.86. The molecule has 4 heteroatoms. The lowest BCUT2D eigenvalue weighted by atomic mass is 9.84. The Bertz CT molecular complexity index is 220. The first-order chi connectivity index (χ1) is 7.67. The van der Waals surface area contributed by atoms with E-state index in [1.54, 1.807) is 0 Å². The van der Waals surface area contributed by atoms with Gasteiger partial charge in [0.25, 0.3) is 0 Å². The van der Waals surface area contributed by atoms with E-state index >= 15 is 0 Å². The lowest BCUT2D eigenvalue weighted by molar-refractivity contribution is -0.141. The molecule has 2 N–H and O–H groups in total. The maximum absolute atomic E-state index is 11.1. The van der Waals surface area contributed by atoms with Crippen molar-refractivity contribution in [3.8, 4) is 0 Å². The zero-order valence-electron chi connectivity index (χ0n) is 10.2. The van der Waals surface area contributed by atoms with E-state index in [9.17, 15) is 9.90 Å². The molecule has 0 saturated heterocycles. The standard InChI is InChI=1S/C12H23NO3/c1-9(7-12(15)16-2)13-11-6-4-3-5-10(11)8-14/h9-11,13-14H,3-8H2,1-2H3. The molecule has 3 atom stereocenters. The summed E-state index contributed by atoms with van der Waals surface area (Å²) >= 11 is 0. The summed E-state index contributed by atoms with van der Waals surface area (Å²) in [6.07, 6.45) is 4.98. The van der Waals surface area contributed by atoms with Gasteiger partial charge in [-0.05, 0) is 25.7 Å². The van der Waals surface area contributed by atoms with Gasteiger partial charge in [0.1, 0.15) is 0 Å². The van der Waals surface area contributed by atoms with Crippen molar-refractivity contribution in [1.82, 2.24) is 5.32 Å². The van der Waals surface area contributed by atoms with E-state index in [2.05, 4.69) is 10.1 Å². The highest BCUT2D eigenvalue weighted by Crippen LogP contribution is 2.24. The van der Waals surface area contributed by atoms with Crippen LogP contribution in [-0.4, -0.2) is 36.9 Å². The molecule has 0 aliphatic heterocycles. The third-order valence-corrected chi connectivity index (χ3v) is 3.34. The van der Waals surface area contributed by atoms with Gasteiger partial charge in [-0.15, -0.1) is 0 Å². The Balaban J connectivity index is 2.35. The molecular formula is C12H23NO3. The molecule has 3 unspecified atom stereocenters. The van der Waals surface area contributed by atoms with Gasteiger partial charge in [-0.25, -0.2) is 0 Å². The molecule has 0 bridgehead atoms. The molecule has 16 heavy (non-hydrogen) atoms. The first-order valence-corrected chi connectivity index (χ1v) is 6.11. The maximum atomic E-state index is 11.1. The van der Waals surface area contributed by atoms with E-state index in [1.165, 1.54) is 20.0 Å².